The smallest absolute Gasteiger partial charge is 0.306 e. The highest BCUT2D eigenvalue weighted by molar-refractivity contribution is 6.32. The molecule has 1 aliphatic carbocycles. The largest absolute Gasteiger partial charge is 0.491 e. The van der Waals surface area contributed by atoms with E-state index >= 15 is 0 Å². The van der Waals surface area contributed by atoms with Crippen molar-refractivity contribution in [1.82, 2.24) is 15.6 Å². The lowest BCUT2D eigenvalue weighted by Crippen LogP contribution is -2.31. The normalized spacial score (nSPS) is 15.2. The first kappa shape index (κ1) is 46.8. The first-order chi connectivity index (χ1) is 29.6. The second kappa shape index (κ2) is 22.0. The van der Waals surface area contributed by atoms with Gasteiger partial charge in [-0.1, -0.05) is 67.9 Å². The van der Waals surface area contributed by atoms with Crippen LogP contribution in [0, 0.1) is 16.7 Å². The number of benzene rings is 3. The Morgan fingerprint density at radius 1 is 0.887 bits per heavy atom. The number of aliphatic hydroxyl groups excluding tert-OH is 2. The van der Waals surface area contributed by atoms with Crippen molar-refractivity contribution in [3.63, 3.8) is 0 Å². The number of allylic oxidation sites excluding steroid dienone is 4. The number of hydrogen-bond donors (Lipinski definition) is 7. The predicted molar refractivity (Wildman–Crippen MR) is 231 cm³/mol. The summed E-state index contributed by atoms with van der Waals surface area (Å²) < 4.78 is 18.3. The van der Waals surface area contributed by atoms with Crippen molar-refractivity contribution in [2.45, 2.75) is 64.6 Å². The van der Waals surface area contributed by atoms with Crippen LogP contribution in [0.5, 0.6) is 17.2 Å². The van der Waals surface area contributed by atoms with E-state index in [0.717, 1.165) is 22.3 Å². The molecule has 326 valence electrons. The SMILES string of the molecule is CC1(C)C(c2cccc(COc3cc(OCc4cncc(C#N)c4)c(CNC[C@@H](O)CC(=O)O)cc3Cl)c2)=CC=CC1c1ccc(OCCNC[C@@H](O)CC(=O)O)c(C(N)=O)c1. The van der Waals surface area contributed by atoms with Crippen molar-refractivity contribution in [3.05, 3.63) is 135 Å². The van der Waals surface area contributed by atoms with E-state index in [1.807, 2.05) is 36.4 Å². The Kier molecular flexibility index (Phi) is 16.6. The van der Waals surface area contributed by atoms with Crippen LogP contribution in [-0.4, -0.2) is 81.7 Å². The Labute approximate surface area is 364 Å². The van der Waals surface area contributed by atoms with E-state index in [9.17, 15) is 29.9 Å². The number of carboxylic acid groups (broad SMARTS) is 2. The van der Waals surface area contributed by atoms with Gasteiger partial charge in [-0.3, -0.25) is 19.4 Å². The number of ether oxygens (including phenoxy) is 3. The monoisotopic (exact) mass is 867 g/mol. The van der Waals surface area contributed by atoms with Crippen LogP contribution in [0.3, 0.4) is 0 Å². The van der Waals surface area contributed by atoms with Crippen LogP contribution in [0.1, 0.15) is 76.3 Å². The molecule has 0 fully saturated rings. The first-order valence-corrected chi connectivity index (χ1v) is 20.2. The van der Waals surface area contributed by atoms with Gasteiger partial charge in [0.15, 0.2) is 0 Å². The number of amides is 1. The Balaban J connectivity index is 1.29. The number of nitriles is 1. The molecule has 0 spiro atoms. The van der Waals surface area contributed by atoms with Gasteiger partial charge in [-0.05, 0) is 52.6 Å². The van der Waals surface area contributed by atoms with Gasteiger partial charge >= 0.3 is 11.9 Å². The highest BCUT2D eigenvalue weighted by Gasteiger charge is 2.35. The Morgan fingerprint density at radius 2 is 1.60 bits per heavy atom. The van der Waals surface area contributed by atoms with Gasteiger partial charge in [-0.25, -0.2) is 0 Å². The standard InChI is InChI=1S/C46H50ClN5O10/c1-46(2)37(7-4-8-38(46)32-9-10-40(36(15-32)45(49)59)60-12-11-50-24-34(53)17-43(55)56)31-6-3-5-28(14-31)26-62-42-19-41(61-27-30-13-29(20-48)21-51-22-30)33(16-39(42)47)23-52-25-35(54)18-44(57)58/h3-10,13-16,19,21-22,34-35,38,50,52-54H,11-12,17-18,23-27H2,1-2H3,(H2,49,59)(H,55,56)(H,57,58)/t34-,35-,38?/m0/s1. The molecule has 1 aromatic heterocycles. The average molecular weight is 868 g/mol. The molecule has 4 aromatic rings. The summed E-state index contributed by atoms with van der Waals surface area (Å²) in [4.78, 5) is 38.5. The van der Waals surface area contributed by atoms with E-state index in [0.29, 0.717) is 45.5 Å². The summed E-state index contributed by atoms with van der Waals surface area (Å²) in [5, 5.41) is 53.2. The topological polar surface area (TPSA) is 247 Å². The third kappa shape index (κ3) is 13.1. The Bertz CT molecular complexity index is 2340. The maximum Gasteiger partial charge on any atom is 0.306 e. The summed E-state index contributed by atoms with van der Waals surface area (Å²) in [5.41, 5.74) is 11.0. The molecule has 5 rings (SSSR count). The van der Waals surface area contributed by atoms with Crippen LogP contribution < -0.4 is 30.6 Å². The molecule has 0 saturated heterocycles. The van der Waals surface area contributed by atoms with Gasteiger partial charge in [-0.15, -0.1) is 0 Å². The molecule has 15 nitrogen and oxygen atoms in total. The Hall–Kier alpha value is -6.28. The van der Waals surface area contributed by atoms with Crippen LogP contribution in [0.15, 0.2) is 91.3 Å². The van der Waals surface area contributed by atoms with Crippen molar-refractivity contribution < 1.29 is 49.0 Å². The molecule has 3 atom stereocenters. The van der Waals surface area contributed by atoms with Gasteiger partial charge in [0.1, 0.15) is 43.1 Å². The number of nitrogens with zero attached hydrogens (tertiary/aromatic N) is 2. The number of nitrogens with two attached hydrogens (primary N) is 1. The average Bonchev–Trinajstić information content (AvgIpc) is 3.22. The van der Waals surface area contributed by atoms with Crippen molar-refractivity contribution in [2.24, 2.45) is 11.1 Å². The third-order valence-corrected chi connectivity index (χ3v) is 10.5. The molecule has 1 heterocycles. The van der Waals surface area contributed by atoms with Gasteiger partial charge in [0, 0.05) is 67.1 Å². The third-order valence-electron chi connectivity index (χ3n) is 10.2. The number of rotatable bonds is 23. The molecule has 16 heteroatoms. The van der Waals surface area contributed by atoms with E-state index < -0.39 is 41.9 Å². The van der Waals surface area contributed by atoms with E-state index in [1.165, 1.54) is 6.20 Å². The van der Waals surface area contributed by atoms with Crippen LogP contribution >= 0.6 is 11.6 Å². The number of nitrogens with one attached hydrogen (secondary N) is 2. The van der Waals surface area contributed by atoms with Gasteiger partial charge in [0.25, 0.3) is 5.91 Å². The molecule has 8 N–H and O–H groups in total. The van der Waals surface area contributed by atoms with Gasteiger partial charge < -0.3 is 51.0 Å². The molecule has 1 aliphatic rings. The minimum absolute atomic E-state index is 0.0259. The van der Waals surface area contributed by atoms with Crippen molar-refractivity contribution in [2.75, 3.05) is 26.2 Å². The molecule has 0 aliphatic heterocycles. The van der Waals surface area contributed by atoms with Crippen LogP contribution in [0.2, 0.25) is 5.02 Å². The lowest BCUT2D eigenvalue weighted by atomic mass is 9.65. The number of aliphatic hydroxyl groups is 2. The quantitative estimate of drug-likeness (QED) is 0.0465. The van der Waals surface area contributed by atoms with Gasteiger partial charge in [0.2, 0.25) is 0 Å². The molecule has 0 radical (unpaired) electrons. The van der Waals surface area contributed by atoms with Crippen molar-refractivity contribution >= 4 is 35.0 Å². The fourth-order valence-electron chi connectivity index (χ4n) is 7.10. The number of halogens is 1. The molecule has 62 heavy (non-hydrogen) atoms. The van der Waals surface area contributed by atoms with Crippen LogP contribution in [0.4, 0.5) is 0 Å². The number of pyridine rings is 1. The first-order valence-electron chi connectivity index (χ1n) is 19.8. The van der Waals surface area contributed by atoms with E-state index in [2.05, 4.69) is 47.7 Å². The number of carbonyl (C=O) groups is 3. The van der Waals surface area contributed by atoms with E-state index in [1.54, 1.807) is 36.5 Å². The zero-order valence-corrected chi connectivity index (χ0v) is 35.1. The fraction of sp³-hybridized carbons (Fsp3) is 0.326. The van der Waals surface area contributed by atoms with Gasteiger partial charge in [-0.2, -0.15) is 5.26 Å². The van der Waals surface area contributed by atoms with Crippen LogP contribution in [0.25, 0.3) is 5.57 Å². The maximum atomic E-state index is 12.6. The summed E-state index contributed by atoms with van der Waals surface area (Å²) >= 11 is 6.74. The van der Waals surface area contributed by atoms with E-state index in [4.69, 9.17) is 41.8 Å². The number of aliphatic carboxylic acids is 2. The minimum atomic E-state index is -1.11. The molecular weight excluding hydrogens is 818 g/mol. The minimum Gasteiger partial charge on any atom is -0.491 e. The highest BCUT2D eigenvalue weighted by Crippen LogP contribution is 2.49. The second-order valence-corrected chi connectivity index (χ2v) is 15.7. The fourth-order valence-corrected chi connectivity index (χ4v) is 7.34. The lowest BCUT2D eigenvalue weighted by molar-refractivity contribution is -0.140. The maximum absolute atomic E-state index is 12.6. The highest BCUT2D eigenvalue weighted by atomic mass is 35.5. The molecule has 1 unspecified atom stereocenters. The van der Waals surface area contributed by atoms with Crippen molar-refractivity contribution in [3.8, 4) is 23.3 Å². The number of hydrogen-bond acceptors (Lipinski definition) is 12. The molecule has 0 bridgehead atoms. The predicted octanol–water partition coefficient (Wildman–Crippen LogP) is 5.36. The zero-order chi connectivity index (χ0) is 44.8. The number of carbonyl (C=O) groups excluding carboxylic acids is 1. The van der Waals surface area contributed by atoms with E-state index in [-0.39, 0.29) is 57.4 Å². The van der Waals surface area contributed by atoms with Crippen LogP contribution in [-0.2, 0) is 29.3 Å². The number of aromatic nitrogens is 1. The molecule has 0 saturated carbocycles. The summed E-state index contributed by atoms with van der Waals surface area (Å²) in [6, 6.07) is 20.4. The Morgan fingerprint density at radius 3 is 2.31 bits per heavy atom. The summed E-state index contributed by atoms with van der Waals surface area (Å²) in [5.74, 6) is -1.89. The number of carboxylic acids is 2. The lowest BCUT2D eigenvalue weighted by Gasteiger charge is -2.38. The summed E-state index contributed by atoms with van der Waals surface area (Å²) in [6.45, 7) is 5.29. The van der Waals surface area contributed by atoms with Crippen molar-refractivity contribution in [1.29, 1.82) is 5.26 Å². The second-order valence-electron chi connectivity index (χ2n) is 15.3. The zero-order valence-electron chi connectivity index (χ0n) is 34.3. The summed E-state index contributed by atoms with van der Waals surface area (Å²) in [7, 11) is 0. The van der Waals surface area contributed by atoms with Gasteiger partial charge in [0.05, 0.1) is 41.2 Å². The molecule has 3 aromatic carbocycles. The molecular formula is C46H50ClN5O10. The summed E-state index contributed by atoms with van der Waals surface area (Å²) in [6.07, 6.45) is 6.29. The molecule has 1 amide bonds. The number of primary amides is 1.